The first-order valence-electron chi connectivity index (χ1n) is 9.66. The first-order chi connectivity index (χ1) is 15.8. The molecule has 1 aliphatic heterocycles. The van der Waals surface area contributed by atoms with Gasteiger partial charge in [-0.15, -0.1) is 0 Å². The van der Waals surface area contributed by atoms with Gasteiger partial charge in [-0.3, -0.25) is 19.8 Å². The van der Waals surface area contributed by atoms with Crippen molar-refractivity contribution in [3.8, 4) is 11.3 Å². The van der Waals surface area contributed by atoms with E-state index in [-0.39, 0.29) is 26.4 Å². The highest BCUT2D eigenvalue weighted by molar-refractivity contribution is 8.26. The van der Waals surface area contributed by atoms with Crippen LogP contribution in [0.25, 0.3) is 17.4 Å². The average Bonchev–Trinajstić information content (AvgIpc) is 3.34. The Bertz CT molecular complexity index is 1320. The van der Waals surface area contributed by atoms with E-state index in [2.05, 4.69) is 0 Å². The average molecular weight is 481 g/mol. The SMILES string of the molecule is Cc1ccc(-c2ccc(C=C3SC(=S)N(C(C(=O)O)c4ccccc4)C3=O)o2)c([N+](=O)[O-])c1. The lowest BCUT2D eigenvalue weighted by molar-refractivity contribution is -0.384. The Morgan fingerprint density at radius 1 is 1.21 bits per heavy atom. The highest BCUT2D eigenvalue weighted by atomic mass is 32.2. The number of thiocarbonyl (C=S) groups is 1. The topological polar surface area (TPSA) is 114 Å². The highest BCUT2D eigenvalue weighted by Gasteiger charge is 2.41. The number of rotatable bonds is 6. The Kier molecular flexibility index (Phi) is 6.12. The second-order valence-electron chi connectivity index (χ2n) is 7.18. The lowest BCUT2D eigenvalue weighted by atomic mass is 10.1. The zero-order valence-electron chi connectivity index (χ0n) is 17.1. The third-order valence-corrected chi connectivity index (χ3v) is 6.28. The number of carbonyl (C=O) groups excluding carboxylic acids is 1. The summed E-state index contributed by atoms with van der Waals surface area (Å²) in [5, 5.41) is 21.2. The van der Waals surface area contributed by atoms with Crippen molar-refractivity contribution in [2.24, 2.45) is 0 Å². The number of benzene rings is 2. The zero-order valence-corrected chi connectivity index (χ0v) is 18.8. The minimum absolute atomic E-state index is 0.0885. The lowest BCUT2D eigenvalue weighted by Gasteiger charge is -2.23. The first-order valence-corrected chi connectivity index (χ1v) is 10.9. The number of amides is 1. The number of nitrogens with zero attached hydrogens (tertiary/aromatic N) is 2. The van der Waals surface area contributed by atoms with E-state index in [1.807, 2.05) is 0 Å². The molecular formula is C23H16N2O6S2. The molecule has 166 valence electrons. The van der Waals surface area contributed by atoms with Gasteiger partial charge < -0.3 is 9.52 Å². The summed E-state index contributed by atoms with van der Waals surface area (Å²) in [6.45, 7) is 1.76. The molecule has 4 rings (SSSR count). The predicted molar refractivity (Wildman–Crippen MR) is 127 cm³/mol. The minimum atomic E-state index is -1.26. The molecule has 2 heterocycles. The lowest BCUT2D eigenvalue weighted by Crippen LogP contribution is -2.37. The number of thioether (sulfide) groups is 1. The quantitative estimate of drug-likeness (QED) is 0.222. The second-order valence-corrected chi connectivity index (χ2v) is 8.86. The maximum Gasteiger partial charge on any atom is 0.331 e. The zero-order chi connectivity index (χ0) is 23.7. The molecule has 3 aromatic rings. The molecule has 0 saturated carbocycles. The maximum atomic E-state index is 13.1. The molecule has 1 amide bonds. The van der Waals surface area contributed by atoms with Crippen molar-refractivity contribution < 1.29 is 24.0 Å². The number of carbonyl (C=O) groups is 2. The third-order valence-electron chi connectivity index (χ3n) is 4.95. The third kappa shape index (κ3) is 4.43. The van der Waals surface area contributed by atoms with Gasteiger partial charge in [-0.25, -0.2) is 4.79 Å². The normalized spacial score (nSPS) is 15.8. The van der Waals surface area contributed by atoms with Gasteiger partial charge in [0, 0.05) is 12.1 Å². The Hall–Kier alpha value is -3.76. The number of hydrogen-bond donors (Lipinski definition) is 1. The molecule has 10 heteroatoms. The van der Waals surface area contributed by atoms with E-state index < -0.39 is 22.8 Å². The van der Waals surface area contributed by atoms with Crippen LogP contribution in [-0.4, -0.2) is 31.1 Å². The fraction of sp³-hybridized carbons (Fsp3) is 0.0870. The van der Waals surface area contributed by atoms with E-state index in [4.69, 9.17) is 16.6 Å². The van der Waals surface area contributed by atoms with Crippen molar-refractivity contribution in [2.75, 3.05) is 0 Å². The molecule has 1 unspecified atom stereocenters. The number of carboxylic acid groups (broad SMARTS) is 1. The van der Waals surface area contributed by atoms with E-state index in [0.717, 1.165) is 22.2 Å². The van der Waals surface area contributed by atoms with Crippen molar-refractivity contribution in [3.63, 3.8) is 0 Å². The Morgan fingerprint density at radius 3 is 2.61 bits per heavy atom. The van der Waals surface area contributed by atoms with Crippen LogP contribution in [0.5, 0.6) is 0 Å². The van der Waals surface area contributed by atoms with E-state index in [0.29, 0.717) is 11.1 Å². The van der Waals surface area contributed by atoms with Crippen LogP contribution in [0.1, 0.15) is 22.9 Å². The predicted octanol–water partition coefficient (Wildman–Crippen LogP) is 5.19. The second kappa shape index (κ2) is 9.00. The molecule has 0 radical (unpaired) electrons. The maximum absolute atomic E-state index is 13.1. The summed E-state index contributed by atoms with van der Waals surface area (Å²) in [7, 11) is 0. The Balaban J connectivity index is 1.65. The van der Waals surface area contributed by atoms with Gasteiger partial charge in [0.2, 0.25) is 0 Å². The van der Waals surface area contributed by atoms with Crippen molar-refractivity contribution in [3.05, 3.63) is 92.6 Å². The summed E-state index contributed by atoms with van der Waals surface area (Å²) in [6.07, 6.45) is 1.45. The molecule has 0 spiro atoms. The van der Waals surface area contributed by atoms with Crippen LogP contribution in [0.2, 0.25) is 0 Å². The molecule has 1 N–H and O–H groups in total. The summed E-state index contributed by atoms with van der Waals surface area (Å²) < 4.78 is 5.86. The van der Waals surface area contributed by atoms with Gasteiger partial charge in [0.05, 0.1) is 15.4 Å². The summed E-state index contributed by atoms with van der Waals surface area (Å²) in [6, 6.07) is 15.1. The van der Waals surface area contributed by atoms with E-state index >= 15 is 0 Å². The summed E-state index contributed by atoms with van der Waals surface area (Å²) in [5.41, 5.74) is 1.39. The minimum Gasteiger partial charge on any atom is -0.479 e. The van der Waals surface area contributed by atoms with Gasteiger partial charge in [0.25, 0.3) is 11.6 Å². The molecule has 1 atom stereocenters. The fourth-order valence-electron chi connectivity index (χ4n) is 3.45. The Morgan fingerprint density at radius 2 is 1.94 bits per heavy atom. The fourth-order valence-corrected chi connectivity index (χ4v) is 4.74. The van der Waals surface area contributed by atoms with Crippen molar-refractivity contribution >= 4 is 51.9 Å². The van der Waals surface area contributed by atoms with E-state index in [9.17, 15) is 24.8 Å². The number of hydrogen-bond acceptors (Lipinski definition) is 7. The molecular weight excluding hydrogens is 464 g/mol. The molecule has 1 fully saturated rings. The van der Waals surface area contributed by atoms with Crippen molar-refractivity contribution in [1.29, 1.82) is 0 Å². The molecule has 8 nitrogen and oxygen atoms in total. The van der Waals surface area contributed by atoms with Gasteiger partial charge in [-0.1, -0.05) is 60.4 Å². The number of aliphatic carboxylic acids is 1. The van der Waals surface area contributed by atoms with Gasteiger partial charge in [0.1, 0.15) is 15.8 Å². The Labute approximate surface area is 197 Å². The molecule has 2 aromatic carbocycles. The van der Waals surface area contributed by atoms with Gasteiger partial charge >= 0.3 is 5.97 Å². The first kappa shape index (κ1) is 22.4. The van der Waals surface area contributed by atoms with E-state index in [1.54, 1.807) is 61.5 Å². The summed E-state index contributed by atoms with van der Waals surface area (Å²) in [5.74, 6) is -1.20. The van der Waals surface area contributed by atoms with Crippen LogP contribution in [0, 0.1) is 17.0 Å². The standard InChI is InChI=1S/C23H16N2O6S2/c1-13-7-9-16(17(11-13)25(29)30)18-10-8-15(31-18)12-19-21(26)24(23(32)33-19)20(22(27)28)14-5-3-2-4-6-14/h2-12,20H,1H3,(H,27,28). The largest absolute Gasteiger partial charge is 0.479 e. The van der Waals surface area contributed by atoms with Crippen LogP contribution in [0.15, 0.2) is 70.0 Å². The number of nitro benzene ring substituents is 1. The number of furan rings is 1. The van der Waals surface area contributed by atoms with Crippen molar-refractivity contribution in [1.82, 2.24) is 4.90 Å². The number of carboxylic acids is 1. The van der Waals surface area contributed by atoms with Gasteiger partial charge in [-0.2, -0.15) is 0 Å². The molecule has 33 heavy (non-hydrogen) atoms. The van der Waals surface area contributed by atoms with Crippen molar-refractivity contribution in [2.45, 2.75) is 13.0 Å². The molecule has 0 aliphatic carbocycles. The summed E-state index contributed by atoms with van der Waals surface area (Å²) >= 11 is 6.27. The van der Waals surface area contributed by atoms with Crippen LogP contribution in [0.4, 0.5) is 5.69 Å². The molecule has 1 saturated heterocycles. The monoisotopic (exact) mass is 480 g/mol. The molecule has 1 aromatic heterocycles. The van der Waals surface area contributed by atoms with Crippen LogP contribution < -0.4 is 0 Å². The van der Waals surface area contributed by atoms with Crippen LogP contribution in [0.3, 0.4) is 0 Å². The number of nitro groups is 1. The summed E-state index contributed by atoms with van der Waals surface area (Å²) in [4.78, 5) is 37.2. The highest BCUT2D eigenvalue weighted by Crippen LogP contribution is 2.39. The van der Waals surface area contributed by atoms with Gasteiger partial charge in [0.15, 0.2) is 6.04 Å². The number of aryl methyl sites for hydroxylation is 1. The van der Waals surface area contributed by atoms with Gasteiger partial charge in [-0.05, 0) is 36.2 Å². The van der Waals surface area contributed by atoms with Crippen LogP contribution in [-0.2, 0) is 9.59 Å². The smallest absolute Gasteiger partial charge is 0.331 e. The van der Waals surface area contributed by atoms with E-state index in [1.165, 1.54) is 12.1 Å². The molecule has 0 bridgehead atoms. The molecule has 1 aliphatic rings. The van der Waals surface area contributed by atoms with Crippen LogP contribution >= 0.6 is 24.0 Å².